The molecule has 0 atom stereocenters. The van der Waals surface area contributed by atoms with Crippen molar-refractivity contribution in [3.05, 3.63) is 5.69 Å². The zero-order chi connectivity index (χ0) is 12.3. The minimum atomic E-state index is 0.343. The summed E-state index contributed by atoms with van der Waals surface area (Å²) in [4.78, 5) is 2.21. The van der Waals surface area contributed by atoms with Crippen molar-refractivity contribution in [3.63, 3.8) is 0 Å². The first-order chi connectivity index (χ1) is 7.49. The number of rotatable bonds is 5. The van der Waals surface area contributed by atoms with Crippen LogP contribution >= 0.6 is 0 Å². The van der Waals surface area contributed by atoms with Gasteiger partial charge in [-0.15, -0.1) is 0 Å². The number of hydrogen-bond donors (Lipinski definition) is 1. The Morgan fingerprint density at radius 3 is 2.56 bits per heavy atom. The van der Waals surface area contributed by atoms with E-state index in [1.807, 2.05) is 11.6 Å². The molecule has 0 spiro atoms. The Kier molecular flexibility index (Phi) is 4.21. The summed E-state index contributed by atoms with van der Waals surface area (Å²) < 4.78 is 2.01. The van der Waals surface area contributed by atoms with E-state index >= 15 is 0 Å². The summed E-state index contributed by atoms with van der Waals surface area (Å²) in [5, 5.41) is 4.49. The molecular weight excluding hydrogens is 200 g/mol. The highest BCUT2D eigenvalue weighted by molar-refractivity contribution is 5.66. The van der Waals surface area contributed by atoms with Crippen molar-refractivity contribution in [1.29, 1.82) is 0 Å². The first kappa shape index (κ1) is 12.9. The molecule has 0 unspecified atom stereocenters. The Balaban J connectivity index is 3.00. The van der Waals surface area contributed by atoms with Gasteiger partial charge < -0.3 is 10.6 Å². The van der Waals surface area contributed by atoms with Crippen molar-refractivity contribution in [3.8, 4) is 0 Å². The number of nitrogens with zero attached hydrogens (tertiary/aromatic N) is 3. The summed E-state index contributed by atoms with van der Waals surface area (Å²) in [6.45, 7) is 9.44. The molecule has 16 heavy (non-hydrogen) atoms. The van der Waals surface area contributed by atoms with Gasteiger partial charge in [-0.3, -0.25) is 0 Å². The number of aryl methyl sites for hydroxylation is 1. The molecule has 1 aromatic rings. The predicted octanol–water partition coefficient (Wildman–Crippen LogP) is 2.59. The average Bonchev–Trinajstić information content (AvgIpc) is 2.52. The lowest BCUT2D eigenvalue weighted by Crippen LogP contribution is -2.23. The Bertz CT molecular complexity index is 341. The van der Waals surface area contributed by atoms with E-state index in [0.29, 0.717) is 6.04 Å². The lowest BCUT2D eigenvalue weighted by atomic mass is 10.3. The van der Waals surface area contributed by atoms with Crippen LogP contribution in [0.5, 0.6) is 0 Å². The second-order valence-corrected chi connectivity index (χ2v) is 4.64. The summed E-state index contributed by atoms with van der Waals surface area (Å²) in [5.74, 6) is 1.06. The maximum atomic E-state index is 6.09. The zero-order valence-electron chi connectivity index (χ0n) is 11.1. The van der Waals surface area contributed by atoms with Gasteiger partial charge >= 0.3 is 0 Å². The third-order valence-corrected chi connectivity index (χ3v) is 2.80. The molecule has 0 aromatic carbocycles. The van der Waals surface area contributed by atoms with E-state index in [4.69, 9.17) is 5.73 Å². The summed E-state index contributed by atoms with van der Waals surface area (Å²) in [6.07, 6.45) is 2.37. The van der Waals surface area contributed by atoms with Crippen LogP contribution in [0.3, 0.4) is 0 Å². The van der Waals surface area contributed by atoms with Gasteiger partial charge in [0.05, 0.1) is 11.4 Å². The largest absolute Gasteiger partial charge is 0.394 e. The minimum absolute atomic E-state index is 0.343. The Morgan fingerprint density at radius 2 is 2.06 bits per heavy atom. The van der Waals surface area contributed by atoms with E-state index in [2.05, 4.69) is 37.8 Å². The molecule has 0 aliphatic rings. The predicted molar refractivity (Wildman–Crippen MR) is 69.9 cm³/mol. The molecule has 2 N–H and O–H groups in total. The first-order valence-corrected chi connectivity index (χ1v) is 6.04. The van der Waals surface area contributed by atoms with Crippen LogP contribution in [0.15, 0.2) is 0 Å². The highest BCUT2D eigenvalue weighted by Crippen LogP contribution is 2.28. The normalized spacial score (nSPS) is 11.1. The Labute approximate surface area is 98.4 Å². The van der Waals surface area contributed by atoms with Crippen LogP contribution in [0.4, 0.5) is 11.5 Å². The van der Waals surface area contributed by atoms with Crippen LogP contribution in [0, 0.1) is 6.92 Å². The minimum Gasteiger partial charge on any atom is -0.394 e. The maximum Gasteiger partial charge on any atom is 0.150 e. The fourth-order valence-corrected chi connectivity index (χ4v) is 1.79. The number of nitrogen functional groups attached to an aromatic ring is 1. The molecule has 0 bridgehead atoms. The van der Waals surface area contributed by atoms with Gasteiger partial charge in [0.15, 0.2) is 5.82 Å². The second-order valence-electron chi connectivity index (χ2n) is 4.64. The van der Waals surface area contributed by atoms with Gasteiger partial charge in [-0.1, -0.05) is 13.3 Å². The molecular formula is C12H24N4. The van der Waals surface area contributed by atoms with E-state index in [0.717, 1.165) is 23.7 Å². The van der Waals surface area contributed by atoms with Crippen LogP contribution in [-0.4, -0.2) is 23.4 Å². The molecule has 92 valence electrons. The van der Waals surface area contributed by atoms with Gasteiger partial charge in [-0.2, -0.15) is 5.10 Å². The molecule has 1 heterocycles. The second kappa shape index (κ2) is 5.23. The third-order valence-electron chi connectivity index (χ3n) is 2.80. The molecule has 0 saturated carbocycles. The van der Waals surface area contributed by atoms with Crippen LogP contribution in [0.25, 0.3) is 0 Å². The average molecular weight is 224 g/mol. The Hall–Kier alpha value is -1.19. The molecule has 0 radical (unpaired) electrons. The number of aromatic nitrogens is 2. The molecule has 0 aliphatic carbocycles. The van der Waals surface area contributed by atoms with Crippen LogP contribution < -0.4 is 10.6 Å². The van der Waals surface area contributed by atoms with Crippen LogP contribution in [0.1, 0.15) is 45.3 Å². The van der Waals surface area contributed by atoms with E-state index in [-0.39, 0.29) is 0 Å². The van der Waals surface area contributed by atoms with Crippen molar-refractivity contribution < 1.29 is 0 Å². The topological polar surface area (TPSA) is 47.1 Å². The molecule has 0 saturated heterocycles. The van der Waals surface area contributed by atoms with Gasteiger partial charge in [0.25, 0.3) is 0 Å². The first-order valence-electron chi connectivity index (χ1n) is 6.04. The molecule has 1 rings (SSSR count). The van der Waals surface area contributed by atoms with E-state index in [1.54, 1.807) is 0 Å². The van der Waals surface area contributed by atoms with E-state index in [9.17, 15) is 0 Å². The SMILES string of the molecule is CCCCN(C)c1c(N)c(C)nn1C(C)C. The quantitative estimate of drug-likeness (QED) is 0.836. The van der Waals surface area contributed by atoms with Crippen molar-refractivity contribution in [2.45, 2.75) is 46.6 Å². The molecule has 0 aliphatic heterocycles. The summed E-state index contributed by atoms with van der Waals surface area (Å²) in [7, 11) is 2.08. The monoisotopic (exact) mass is 224 g/mol. The van der Waals surface area contributed by atoms with Crippen molar-refractivity contribution in [1.82, 2.24) is 9.78 Å². The summed E-state index contributed by atoms with van der Waals surface area (Å²) >= 11 is 0. The van der Waals surface area contributed by atoms with E-state index < -0.39 is 0 Å². The van der Waals surface area contributed by atoms with E-state index in [1.165, 1.54) is 12.8 Å². The van der Waals surface area contributed by atoms with Gasteiger partial charge in [0.1, 0.15) is 0 Å². The number of nitrogens with two attached hydrogens (primary N) is 1. The lowest BCUT2D eigenvalue weighted by molar-refractivity contribution is 0.524. The Morgan fingerprint density at radius 1 is 1.44 bits per heavy atom. The van der Waals surface area contributed by atoms with Crippen LogP contribution in [-0.2, 0) is 0 Å². The number of unbranched alkanes of at least 4 members (excludes halogenated alkanes) is 1. The van der Waals surface area contributed by atoms with Gasteiger partial charge in [-0.25, -0.2) is 4.68 Å². The summed E-state index contributed by atoms with van der Waals surface area (Å²) in [6, 6.07) is 0.343. The highest BCUT2D eigenvalue weighted by atomic mass is 15.4. The van der Waals surface area contributed by atoms with Gasteiger partial charge in [0, 0.05) is 19.6 Å². The fraction of sp³-hybridized carbons (Fsp3) is 0.750. The van der Waals surface area contributed by atoms with Crippen LogP contribution in [0.2, 0.25) is 0 Å². The number of hydrogen-bond acceptors (Lipinski definition) is 3. The maximum absolute atomic E-state index is 6.09. The fourth-order valence-electron chi connectivity index (χ4n) is 1.79. The standard InChI is InChI=1S/C12H24N4/c1-6-7-8-15(5)12-11(13)10(4)14-16(12)9(2)3/h9H,6-8,13H2,1-5H3. The van der Waals surface area contributed by atoms with Crippen molar-refractivity contribution >= 4 is 11.5 Å². The van der Waals surface area contributed by atoms with Crippen molar-refractivity contribution in [2.75, 3.05) is 24.2 Å². The molecule has 1 aromatic heterocycles. The smallest absolute Gasteiger partial charge is 0.150 e. The van der Waals surface area contributed by atoms with Crippen molar-refractivity contribution in [2.24, 2.45) is 0 Å². The zero-order valence-corrected chi connectivity index (χ0v) is 11.1. The third kappa shape index (κ3) is 2.49. The lowest BCUT2D eigenvalue weighted by Gasteiger charge is -2.22. The highest BCUT2D eigenvalue weighted by Gasteiger charge is 2.17. The number of anilines is 2. The molecule has 0 amide bonds. The molecule has 0 fully saturated rings. The molecule has 4 nitrogen and oxygen atoms in total. The molecule has 4 heteroatoms. The summed E-state index contributed by atoms with van der Waals surface area (Å²) in [5.41, 5.74) is 7.82. The van der Waals surface area contributed by atoms with Gasteiger partial charge in [-0.05, 0) is 27.2 Å². The van der Waals surface area contributed by atoms with Gasteiger partial charge in [0.2, 0.25) is 0 Å².